The second kappa shape index (κ2) is 2.77. The topological polar surface area (TPSA) is 29.9 Å². The van der Waals surface area contributed by atoms with E-state index in [4.69, 9.17) is 0 Å². The molecule has 1 N–H and O–H groups in total. The van der Waals surface area contributed by atoms with Crippen molar-refractivity contribution in [2.75, 3.05) is 0 Å². The molecule has 2 aromatic rings. The molecule has 1 radical (unpaired) electrons. The van der Waals surface area contributed by atoms with Gasteiger partial charge in [-0.1, -0.05) is 18.2 Å². The van der Waals surface area contributed by atoms with Crippen molar-refractivity contribution < 1.29 is 0 Å². The summed E-state index contributed by atoms with van der Waals surface area (Å²) in [6, 6.07) is 8.25. The largest absolute Gasteiger partial charge is 0.360 e. The minimum Gasteiger partial charge on any atom is -0.360 e. The van der Waals surface area contributed by atoms with Crippen molar-refractivity contribution in [2.24, 2.45) is 0 Å². The van der Waals surface area contributed by atoms with Gasteiger partial charge in [-0.05, 0) is 18.2 Å². The molecule has 0 aliphatic carbocycles. The van der Waals surface area contributed by atoms with Gasteiger partial charge in [0.2, 0.25) is 0 Å². The first kappa shape index (κ1) is 7.44. The summed E-state index contributed by atoms with van der Waals surface area (Å²) in [4.78, 5) is 3.24. The molecular formula is C12H9N2. The zero-order valence-corrected chi connectivity index (χ0v) is 7.57. The second-order valence-electron chi connectivity index (χ2n) is 3.27. The summed E-state index contributed by atoms with van der Waals surface area (Å²) in [6.07, 6.45) is 7.80. The fourth-order valence-electron chi connectivity index (χ4n) is 1.74. The van der Waals surface area contributed by atoms with Crippen molar-refractivity contribution in [3.63, 3.8) is 0 Å². The molecule has 14 heavy (non-hydrogen) atoms. The predicted molar refractivity (Wildman–Crippen MR) is 57.5 cm³/mol. The van der Waals surface area contributed by atoms with Crippen LogP contribution in [0.4, 0.5) is 0 Å². The van der Waals surface area contributed by atoms with Gasteiger partial charge < -0.3 is 4.98 Å². The molecule has 0 fully saturated rings. The van der Waals surface area contributed by atoms with Crippen LogP contribution < -0.4 is 5.32 Å². The summed E-state index contributed by atoms with van der Waals surface area (Å²) in [6.45, 7) is 0. The average molecular weight is 181 g/mol. The molecule has 1 aliphatic heterocycles. The first-order valence-electron chi connectivity index (χ1n) is 4.59. The van der Waals surface area contributed by atoms with Gasteiger partial charge in [0.15, 0.2) is 0 Å². The highest BCUT2D eigenvalue weighted by atomic mass is 14.9. The molecule has 0 spiro atoms. The molecule has 1 aromatic heterocycles. The van der Waals surface area contributed by atoms with Crippen LogP contribution in [0, 0.1) is 0 Å². The highest BCUT2D eigenvalue weighted by Crippen LogP contribution is 2.25. The van der Waals surface area contributed by atoms with Crippen LogP contribution in [-0.2, 0) is 0 Å². The third kappa shape index (κ3) is 0.973. The van der Waals surface area contributed by atoms with Crippen LogP contribution in [0.1, 0.15) is 5.56 Å². The van der Waals surface area contributed by atoms with E-state index < -0.39 is 0 Å². The molecule has 0 saturated heterocycles. The Bertz CT molecular complexity index is 532. The van der Waals surface area contributed by atoms with Gasteiger partial charge >= 0.3 is 0 Å². The first-order chi connectivity index (χ1) is 6.95. The van der Waals surface area contributed by atoms with Gasteiger partial charge in [-0.3, -0.25) is 5.32 Å². The fourth-order valence-corrected chi connectivity index (χ4v) is 1.74. The minimum atomic E-state index is 1.03. The third-order valence-corrected chi connectivity index (χ3v) is 2.42. The Morgan fingerprint density at radius 3 is 2.93 bits per heavy atom. The Kier molecular flexibility index (Phi) is 1.47. The number of nitrogens with one attached hydrogen (secondary N) is 1. The van der Waals surface area contributed by atoms with Crippen molar-refractivity contribution in [1.29, 1.82) is 0 Å². The van der Waals surface area contributed by atoms with E-state index in [1.54, 1.807) is 0 Å². The lowest BCUT2D eigenvalue weighted by Gasteiger charge is -1.98. The molecule has 0 unspecified atom stereocenters. The van der Waals surface area contributed by atoms with E-state index in [-0.39, 0.29) is 0 Å². The fraction of sp³-hybridized carbons (Fsp3) is 0. The second-order valence-corrected chi connectivity index (χ2v) is 3.27. The summed E-state index contributed by atoms with van der Waals surface area (Å²) < 4.78 is 0. The van der Waals surface area contributed by atoms with Crippen LogP contribution in [0.3, 0.4) is 0 Å². The van der Waals surface area contributed by atoms with Crippen LogP contribution >= 0.6 is 0 Å². The lowest BCUT2D eigenvalue weighted by atomic mass is 10.1. The zero-order valence-electron chi connectivity index (χ0n) is 7.57. The lowest BCUT2D eigenvalue weighted by molar-refractivity contribution is 1.23. The standard InChI is InChI=1S/C12H9N2/c1-2-5-11-9(4-1)10(8-14-11)12-6-3-7-13-12/h1-8,14H. The number of rotatable bonds is 1. The number of H-pyrrole nitrogens is 1. The number of hydrogen-bond acceptors (Lipinski definition) is 0. The van der Waals surface area contributed by atoms with E-state index in [1.165, 1.54) is 10.9 Å². The van der Waals surface area contributed by atoms with Crippen molar-refractivity contribution >= 4 is 16.6 Å². The third-order valence-electron chi connectivity index (χ3n) is 2.42. The van der Waals surface area contributed by atoms with E-state index in [9.17, 15) is 0 Å². The number of allylic oxidation sites excluding steroid dienone is 2. The van der Waals surface area contributed by atoms with E-state index in [1.807, 2.05) is 36.7 Å². The van der Waals surface area contributed by atoms with Crippen molar-refractivity contribution in [1.82, 2.24) is 10.3 Å². The van der Waals surface area contributed by atoms with Gasteiger partial charge in [0.1, 0.15) is 0 Å². The predicted octanol–water partition coefficient (Wildman–Crippen LogP) is 2.64. The summed E-state index contributed by atoms with van der Waals surface area (Å²) in [7, 11) is 0. The minimum absolute atomic E-state index is 1.03. The van der Waals surface area contributed by atoms with Gasteiger partial charge in [-0.2, -0.15) is 0 Å². The van der Waals surface area contributed by atoms with Gasteiger partial charge in [-0.15, -0.1) is 0 Å². The highest BCUT2D eigenvalue weighted by molar-refractivity contribution is 5.92. The van der Waals surface area contributed by atoms with E-state index in [0.717, 1.165) is 11.2 Å². The smallest absolute Gasteiger partial charge is 0.0723 e. The van der Waals surface area contributed by atoms with Crippen molar-refractivity contribution in [2.45, 2.75) is 0 Å². The maximum Gasteiger partial charge on any atom is 0.0723 e. The Balaban J connectivity index is 2.22. The quantitative estimate of drug-likeness (QED) is 0.701. The Morgan fingerprint density at radius 2 is 2.07 bits per heavy atom. The highest BCUT2D eigenvalue weighted by Gasteiger charge is 2.09. The van der Waals surface area contributed by atoms with Crippen LogP contribution in [0.2, 0.25) is 0 Å². The Hall–Kier alpha value is -1.96. The van der Waals surface area contributed by atoms with E-state index in [2.05, 4.69) is 22.4 Å². The van der Waals surface area contributed by atoms with Gasteiger partial charge in [0.05, 0.1) is 5.70 Å². The molecule has 67 valence electrons. The van der Waals surface area contributed by atoms with Crippen LogP contribution in [-0.4, -0.2) is 4.98 Å². The monoisotopic (exact) mass is 181 g/mol. The SMILES string of the molecule is C1=C[N]C(c2c[nH]c3ccccc23)=C1. The lowest BCUT2D eigenvalue weighted by Crippen LogP contribution is -1.89. The normalized spacial score (nSPS) is 14.4. The maximum atomic E-state index is 4.29. The van der Waals surface area contributed by atoms with Crippen LogP contribution in [0.25, 0.3) is 16.6 Å². The number of aromatic amines is 1. The van der Waals surface area contributed by atoms with E-state index >= 15 is 0 Å². The summed E-state index contributed by atoms with van der Waals surface area (Å²) >= 11 is 0. The number of nitrogens with zero attached hydrogens (tertiary/aromatic N) is 1. The number of aromatic nitrogens is 1. The van der Waals surface area contributed by atoms with Crippen LogP contribution in [0.15, 0.2) is 48.8 Å². The van der Waals surface area contributed by atoms with Crippen LogP contribution in [0.5, 0.6) is 0 Å². The average Bonchev–Trinajstić information content (AvgIpc) is 2.85. The zero-order chi connectivity index (χ0) is 9.38. The first-order valence-corrected chi connectivity index (χ1v) is 4.59. The number of fused-ring (bicyclic) bond motifs is 1. The molecule has 0 amide bonds. The van der Waals surface area contributed by atoms with Gasteiger partial charge in [0, 0.05) is 28.9 Å². The molecule has 3 rings (SSSR count). The molecule has 1 aromatic carbocycles. The molecule has 2 heteroatoms. The molecular weight excluding hydrogens is 172 g/mol. The number of benzene rings is 1. The number of hydrogen-bond donors (Lipinski definition) is 1. The molecule has 0 atom stereocenters. The molecule has 0 saturated carbocycles. The molecule has 1 aliphatic rings. The Morgan fingerprint density at radius 1 is 1.14 bits per heavy atom. The van der Waals surface area contributed by atoms with Gasteiger partial charge in [0.25, 0.3) is 0 Å². The molecule has 2 heterocycles. The van der Waals surface area contributed by atoms with E-state index in [0.29, 0.717) is 0 Å². The van der Waals surface area contributed by atoms with Crippen molar-refractivity contribution in [3.05, 3.63) is 54.4 Å². The van der Waals surface area contributed by atoms with Gasteiger partial charge in [-0.25, -0.2) is 0 Å². The summed E-state index contributed by atoms with van der Waals surface area (Å²) in [5.74, 6) is 0. The molecule has 2 nitrogen and oxygen atoms in total. The summed E-state index contributed by atoms with van der Waals surface area (Å²) in [5.41, 5.74) is 3.36. The summed E-state index contributed by atoms with van der Waals surface area (Å²) in [5, 5.41) is 5.52. The molecule has 0 bridgehead atoms. The van der Waals surface area contributed by atoms with Crippen molar-refractivity contribution in [3.8, 4) is 0 Å². The number of para-hydroxylation sites is 1. The maximum absolute atomic E-state index is 4.29. The Labute approximate surface area is 81.9 Å².